The van der Waals surface area contributed by atoms with Crippen molar-refractivity contribution < 1.29 is 14.0 Å². The molecule has 2 aromatic carbocycles. The topological polar surface area (TPSA) is 119 Å². The molecule has 10 nitrogen and oxygen atoms in total. The van der Waals surface area contributed by atoms with Crippen molar-refractivity contribution in [2.45, 2.75) is 27.2 Å². The Bertz CT molecular complexity index is 1890. The maximum atomic E-state index is 15.0. The van der Waals surface area contributed by atoms with Crippen LogP contribution in [0, 0.1) is 31.5 Å². The number of aromatic nitrogens is 4. The molecule has 3 heterocycles. The third-order valence-corrected chi connectivity index (χ3v) is 6.96. The standard InChI is InChI=1S/C33H33FN8O2/c1-5-10-41(4)31(43)20-35-24-12-21(2)13-25(16-24)40-33(44)28-15-23(22(3)14-29(28)34)8-9-27-19-36-32-30(7-6-11-42(27)32)39-26-17-37-38-18-26/h6-7,11-19,35,39H,5,10,20H2,1-4H3,(H,37,38)(H,40,44). The lowest BCUT2D eigenvalue weighted by atomic mass is 10.0. The number of anilines is 4. The van der Waals surface area contributed by atoms with Gasteiger partial charge in [0, 0.05) is 42.9 Å². The van der Waals surface area contributed by atoms with Crippen LogP contribution in [0.3, 0.4) is 0 Å². The summed E-state index contributed by atoms with van der Waals surface area (Å²) in [7, 11) is 1.76. The number of carbonyl (C=O) groups is 2. The van der Waals surface area contributed by atoms with E-state index in [2.05, 4.69) is 43.0 Å². The van der Waals surface area contributed by atoms with Crippen LogP contribution in [0.4, 0.5) is 27.1 Å². The van der Waals surface area contributed by atoms with Gasteiger partial charge in [0.05, 0.1) is 35.9 Å². The molecule has 3 aromatic heterocycles. The second-order valence-electron chi connectivity index (χ2n) is 10.5. The second-order valence-corrected chi connectivity index (χ2v) is 10.5. The van der Waals surface area contributed by atoms with Crippen molar-refractivity contribution in [2.24, 2.45) is 0 Å². The van der Waals surface area contributed by atoms with Crippen molar-refractivity contribution in [1.82, 2.24) is 24.5 Å². The van der Waals surface area contributed by atoms with Crippen molar-refractivity contribution in [2.75, 3.05) is 36.1 Å². The lowest BCUT2D eigenvalue weighted by Gasteiger charge is -2.17. The van der Waals surface area contributed by atoms with Gasteiger partial charge in [0.2, 0.25) is 5.91 Å². The van der Waals surface area contributed by atoms with E-state index in [1.54, 1.807) is 49.6 Å². The maximum absolute atomic E-state index is 15.0. The van der Waals surface area contributed by atoms with Crippen LogP contribution >= 0.6 is 0 Å². The fraction of sp³-hybridized carbons (Fsp3) is 0.212. The second kappa shape index (κ2) is 13.1. The van der Waals surface area contributed by atoms with Gasteiger partial charge in [-0.25, -0.2) is 9.37 Å². The van der Waals surface area contributed by atoms with E-state index in [-0.39, 0.29) is 18.0 Å². The van der Waals surface area contributed by atoms with Gasteiger partial charge in [-0.2, -0.15) is 5.10 Å². The third kappa shape index (κ3) is 6.87. The summed E-state index contributed by atoms with van der Waals surface area (Å²) in [6.45, 7) is 6.43. The lowest BCUT2D eigenvalue weighted by Crippen LogP contribution is -2.32. The minimum atomic E-state index is -0.647. The summed E-state index contributed by atoms with van der Waals surface area (Å²) in [4.78, 5) is 31.7. The highest BCUT2D eigenvalue weighted by atomic mass is 19.1. The monoisotopic (exact) mass is 592 g/mol. The number of aryl methyl sites for hydroxylation is 2. The van der Waals surface area contributed by atoms with E-state index in [1.807, 2.05) is 42.6 Å². The molecule has 0 spiro atoms. The number of aromatic amines is 1. The number of H-pyrrole nitrogens is 1. The van der Waals surface area contributed by atoms with Gasteiger partial charge < -0.3 is 20.9 Å². The number of imidazole rings is 1. The van der Waals surface area contributed by atoms with Crippen LogP contribution in [-0.4, -0.2) is 56.4 Å². The van der Waals surface area contributed by atoms with Gasteiger partial charge in [0.1, 0.15) is 11.5 Å². The van der Waals surface area contributed by atoms with E-state index < -0.39 is 11.7 Å². The zero-order chi connectivity index (χ0) is 31.2. The molecule has 224 valence electrons. The summed E-state index contributed by atoms with van der Waals surface area (Å²) >= 11 is 0. The first-order chi connectivity index (χ1) is 21.2. The Kier molecular flexibility index (Phi) is 8.90. The lowest BCUT2D eigenvalue weighted by molar-refractivity contribution is -0.128. The highest BCUT2D eigenvalue weighted by Gasteiger charge is 2.16. The number of nitrogens with one attached hydrogen (secondary N) is 4. The minimum Gasteiger partial charge on any atom is -0.376 e. The molecule has 0 bridgehead atoms. The molecule has 0 aliphatic heterocycles. The van der Waals surface area contributed by atoms with Crippen LogP contribution in [0.1, 0.15) is 46.1 Å². The number of nitrogens with zero attached hydrogens (tertiary/aromatic N) is 4. The normalized spacial score (nSPS) is 10.7. The molecule has 0 atom stereocenters. The Morgan fingerprint density at radius 1 is 1.07 bits per heavy atom. The van der Waals surface area contributed by atoms with Crippen LogP contribution in [0.2, 0.25) is 0 Å². The average molecular weight is 593 g/mol. The fourth-order valence-electron chi connectivity index (χ4n) is 4.72. The predicted octanol–water partition coefficient (Wildman–Crippen LogP) is 5.49. The van der Waals surface area contributed by atoms with E-state index in [0.29, 0.717) is 40.4 Å². The number of hydrogen-bond donors (Lipinski definition) is 4. The van der Waals surface area contributed by atoms with E-state index in [4.69, 9.17) is 0 Å². The molecule has 4 N–H and O–H groups in total. The Morgan fingerprint density at radius 3 is 2.66 bits per heavy atom. The summed E-state index contributed by atoms with van der Waals surface area (Å²) in [5.74, 6) is 4.90. The minimum absolute atomic E-state index is 0.0374. The molecule has 0 radical (unpaired) electrons. The van der Waals surface area contributed by atoms with Crippen molar-refractivity contribution >= 4 is 40.2 Å². The highest BCUT2D eigenvalue weighted by Crippen LogP contribution is 2.23. The maximum Gasteiger partial charge on any atom is 0.258 e. The Labute approximate surface area is 254 Å². The predicted molar refractivity (Wildman–Crippen MR) is 170 cm³/mol. The first kappa shape index (κ1) is 29.8. The fourth-order valence-corrected chi connectivity index (χ4v) is 4.72. The quantitative estimate of drug-likeness (QED) is 0.168. The van der Waals surface area contributed by atoms with Gasteiger partial charge in [-0.05, 0) is 79.8 Å². The zero-order valence-electron chi connectivity index (χ0n) is 25.0. The molecule has 0 aliphatic carbocycles. The first-order valence-corrected chi connectivity index (χ1v) is 14.2. The summed E-state index contributed by atoms with van der Waals surface area (Å²) in [5, 5.41) is 15.9. The van der Waals surface area contributed by atoms with Crippen LogP contribution in [0.15, 0.2) is 67.3 Å². The molecule has 0 saturated heterocycles. The van der Waals surface area contributed by atoms with Gasteiger partial charge in [0.15, 0.2) is 5.65 Å². The molecule has 0 saturated carbocycles. The Morgan fingerprint density at radius 2 is 1.89 bits per heavy atom. The van der Waals surface area contributed by atoms with Crippen molar-refractivity contribution in [3.63, 3.8) is 0 Å². The van der Waals surface area contributed by atoms with Gasteiger partial charge in [-0.15, -0.1) is 0 Å². The summed E-state index contributed by atoms with van der Waals surface area (Å²) < 4.78 is 16.9. The number of hydrogen-bond acceptors (Lipinski definition) is 6. The third-order valence-electron chi connectivity index (χ3n) is 6.96. The van der Waals surface area contributed by atoms with Gasteiger partial charge in [0.25, 0.3) is 5.91 Å². The zero-order valence-corrected chi connectivity index (χ0v) is 25.0. The van der Waals surface area contributed by atoms with Crippen molar-refractivity contribution in [3.8, 4) is 11.8 Å². The number of benzene rings is 2. The van der Waals surface area contributed by atoms with E-state index >= 15 is 4.39 Å². The van der Waals surface area contributed by atoms with Crippen LogP contribution in [-0.2, 0) is 4.79 Å². The number of carbonyl (C=O) groups excluding carboxylic acids is 2. The average Bonchev–Trinajstić information content (AvgIpc) is 3.66. The van der Waals surface area contributed by atoms with Gasteiger partial charge in [-0.3, -0.25) is 19.1 Å². The molecule has 0 fully saturated rings. The number of halogens is 1. The number of rotatable bonds is 9. The SMILES string of the molecule is CCCN(C)C(=O)CNc1cc(C)cc(NC(=O)c2cc(C#Cc3cnc4c(Nc5cn[nH]c5)cccn34)c(C)cc2F)c1. The summed E-state index contributed by atoms with van der Waals surface area (Å²) in [6, 6.07) is 11.9. The van der Waals surface area contributed by atoms with Gasteiger partial charge in [-0.1, -0.05) is 12.8 Å². The molecule has 11 heteroatoms. The summed E-state index contributed by atoms with van der Waals surface area (Å²) in [5.41, 5.74) is 5.89. The van der Waals surface area contributed by atoms with Crippen LogP contribution in [0.25, 0.3) is 5.65 Å². The smallest absolute Gasteiger partial charge is 0.258 e. The first-order valence-electron chi connectivity index (χ1n) is 14.2. The molecule has 2 amide bonds. The molecular weight excluding hydrogens is 559 g/mol. The number of likely N-dealkylation sites (N-methyl/N-ethyl adjacent to an activating group) is 1. The number of pyridine rings is 1. The number of fused-ring (bicyclic) bond motifs is 1. The molecular formula is C33H33FN8O2. The Hall–Kier alpha value is -5.63. The largest absolute Gasteiger partial charge is 0.376 e. The van der Waals surface area contributed by atoms with Crippen LogP contribution in [0.5, 0.6) is 0 Å². The van der Waals surface area contributed by atoms with Crippen molar-refractivity contribution in [1.29, 1.82) is 0 Å². The summed E-state index contributed by atoms with van der Waals surface area (Å²) in [6.07, 6.45) is 7.80. The van der Waals surface area contributed by atoms with E-state index in [1.165, 1.54) is 12.1 Å². The van der Waals surface area contributed by atoms with Gasteiger partial charge >= 0.3 is 0 Å². The molecule has 0 unspecified atom stereocenters. The molecule has 44 heavy (non-hydrogen) atoms. The molecule has 0 aliphatic rings. The van der Waals surface area contributed by atoms with E-state index in [9.17, 15) is 9.59 Å². The number of amides is 2. The van der Waals surface area contributed by atoms with Crippen molar-refractivity contribution in [3.05, 3.63) is 101 Å². The molecule has 5 rings (SSSR count). The Balaban J connectivity index is 1.34. The van der Waals surface area contributed by atoms with E-state index in [0.717, 1.165) is 23.4 Å². The highest BCUT2D eigenvalue weighted by molar-refractivity contribution is 6.05. The molecule has 5 aromatic rings. The van der Waals surface area contributed by atoms with Crippen LogP contribution < -0.4 is 16.0 Å².